The summed E-state index contributed by atoms with van der Waals surface area (Å²) < 4.78 is 5.25. The molecule has 0 aliphatic carbocycles. The molecule has 0 aliphatic rings. The van der Waals surface area contributed by atoms with Gasteiger partial charge in [0, 0.05) is 31.3 Å². The third-order valence-corrected chi connectivity index (χ3v) is 3.20. The van der Waals surface area contributed by atoms with E-state index in [4.69, 9.17) is 10.8 Å². The number of amides is 1. The summed E-state index contributed by atoms with van der Waals surface area (Å²) in [7, 11) is 1.65. The Kier molecular flexibility index (Phi) is 6.47. The SMILES string of the molecule is C#Cc1cccc(NC(=O)CNC(=NC)NCCc2ccco2)c1. The van der Waals surface area contributed by atoms with Gasteiger partial charge >= 0.3 is 0 Å². The highest BCUT2D eigenvalue weighted by atomic mass is 16.3. The van der Waals surface area contributed by atoms with Gasteiger partial charge in [-0.1, -0.05) is 12.0 Å². The highest BCUT2D eigenvalue weighted by molar-refractivity contribution is 5.95. The maximum absolute atomic E-state index is 12.0. The van der Waals surface area contributed by atoms with E-state index in [1.165, 1.54) is 0 Å². The fourth-order valence-electron chi connectivity index (χ4n) is 2.04. The van der Waals surface area contributed by atoms with Crippen LogP contribution in [0.2, 0.25) is 0 Å². The van der Waals surface area contributed by atoms with Gasteiger partial charge in [-0.25, -0.2) is 0 Å². The first-order chi connectivity index (χ1) is 11.7. The van der Waals surface area contributed by atoms with Crippen molar-refractivity contribution in [2.75, 3.05) is 25.5 Å². The lowest BCUT2D eigenvalue weighted by atomic mass is 10.2. The number of nitrogens with zero attached hydrogens (tertiary/aromatic N) is 1. The molecule has 2 rings (SSSR count). The summed E-state index contributed by atoms with van der Waals surface area (Å²) in [6.45, 7) is 0.750. The fraction of sp³-hybridized carbons (Fsp3) is 0.222. The lowest BCUT2D eigenvalue weighted by molar-refractivity contribution is -0.115. The number of carbonyl (C=O) groups excluding carboxylic acids is 1. The van der Waals surface area contributed by atoms with E-state index in [2.05, 4.69) is 26.9 Å². The molecule has 1 aromatic carbocycles. The Hall–Kier alpha value is -3.20. The van der Waals surface area contributed by atoms with E-state index in [0.717, 1.165) is 17.7 Å². The van der Waals surface area contributed by atoms with Gasteiger partial charge in [-0.15, -0.1) is 6.42 Å². The molecule has 124 valence electrons. The maximum atomic E-state index is 12.0. The van der Waals surface area contributed by atoms with Gasteiger partial charge in [-0.05, 0) is 30.3 Å². The Labute approximate surface area is 141 Å². The Morgan fingerprint density at radius 1 is 1.29 bits per heavy atom. The second-order valence-electron chi connectivity index (χ2n) is 4.96. The summed E-state index contributed by atoms with van der Waals surface area (Å²) in [5.74, 6) is 3.79. The zero-order chi connectivity index (χ0) is 17.2. The summed E-state index contributed by atoms with van der Waals surface area (Å²) in [6.07, 6.45) is 7.72. The smallest absolute Gasteiger partial charge is 0.243 e. The molecule has 2 aromatic rings. The second-order valence-corrected chi connectivity index (χ2v) is 4.96. The van der Waals surface area contributed by atoms with Crippen LogP contribution >= 0.6 is 0 Å². The number of rotatable bonds is 6. The predicted octanol–water partition coefficient (Wildman–Crippen LogP) is 1.61. The number of furan rings is 1. The van der Waals surface area contributed by atoms with Crippen LogP contribution in [0.15, 0.2) is 52.1 Å². The molecule has 1 amide bonds. The van der Waals surface area contributed by atoms with Crippen molar-refractivity contribution in [2.45, 2.75) is 6.42 Å². The van der Waals surface area contributed by atoms with Crippen molar-refractivity contribution in [3.8, 4) is 12.3 Å². The first-order valence-electron chi connectivity index (χ1n) is 7.54. The van der Waals surface area contributed by atoms with E-state index in [9.17, 15) is 4.79 Å². The first kappa shape index (κ1) is 17.2. The van der Waals surface area contributed by atoms with Gasteiger partial charge in [-0.2, -0.15) is 0 Å². The number of aliphatic imine (C=N–C) groups is 1. The first-order valence-corrected chi connectivity index (χ1v) is 7.54. The van der Waals surface area contributed by atoms with Crippen molar-refractivity contribution < 1.29 is 9.21 Å². The standard InChI is InChI=1S/C18H20N4O2/c1-3-14-6-4-7-15(12-14)22-17(23)13-21-18(19-2)20-10-9-16-8-5-11-24-16/h1,4-8,11-12H,9-10,13H2,2H3,(H,22,23)(H2,19,20,21). The van der Waals surface area contributed by atoms with E-state index >= 15 is 0 Å². The number of carbonyl (C=O) groups is 1. The molecule has 0 radical (unpaired) electrons. The summed E-state index contributed by atoms with van der Waals surface area (Å²) in [5.41, 5.74) is 1.38. The monoisotopic (exact) mass is 324 g/mol. The van der Waals surface area contributed by atoms with E-state index < -0.39 is 0 Å². The molecule has 0 aliphatic heterocycles. The van der Waals surface area contributed by atoms with Crippen LogP contribution in [0.4, 0.5) is 5.69 Å². The Balaban J connectivity index is 1.73. The van der Waals surface area contributed by atoms with Crippen molar-refractivity contribution in [3.63, 3.8) is 0 Å². The lowest BCUT2D eigenvalue weighted by Crippen LogP contribution is -2.42. The van der Waals surface area contributed by atoms with Crippen molar-refractivity contribution in [1.82, 2.24) is 10.6 Å². The minimum Gasteiger partial charge on any atom is -0.469 e. The molecular formula is C18H20N4O2. The zero-order valence-corrected chi connectivity index (χ0v) is 13.5. The quantitative estimate of drug-likeness (QED) is 0.428. The number of anilines is 1. The van der Waals surface area contributed by atoms with E-state index in [-0.39, 0.29) is 12.5 Å². The predicted molar refractivity (Wildman–Crippen MR) is 94.8 cm³/mol. The van der Waals surface area contributed by atoms with Gasteiger partial charge in [0.1, 0.15) is 5.76 Å². The van der Waals surface area contributed by atoms with Gasteiger partial charge in [0.05, 0.1) is 12.8 Å². The van der Waals surface area contributed by atoms with Gasteiger partial charge in [0.2, 0.25) is 5.91 Å². The molecule has 0 bridgehead atoms. The molecule has 0 saturated heterocycles. The maximum Gasteiger partial charge on any atom is 0.243 e. The molecule has 6 heteroatoms. The number of guanidine groups is 1. The lowest BCUT2D eigenvalue weighted by Gasteiger charge is -2.11. The number of hydrogen-bond acceptors (Lipinski definition) is 3. The van der Waals surface area contributed by atoms with E-state index in [1.54, 1.807) is 37.6 Å². The Morgan fingerprint density at radius 2 is 2.17 bits per heavy atom. The molecule has 24 heavy (non-hydrogen) atoms. The van der Waals surface area contributed by atoms with Gasteiger partial charge in [0.25, 0.3) is 0 Å². The number of hydrogen-bond donors (Lipinski definition) is 3. The average molecular weight is 324 g/mol. The Morgan fingerprint density at radius 3 is 2.88 bits per heavy atom. The summed E-state index contributed by atoms with van der Waals surface area (Å²) in [6, 6.07) is 10.9. The summed E-state index contributed by atoms with van der Waals surface area (Å²) in [4.78, 5) is 16.0. The molecule has 1 heterocycles. The molecular weight excluding hydrogens is 304 g/mol. The van der Waals surface area contributed by atoms with Crippen LogP contribution < -0.4 is 16.0 Å². The summed E-state index contributed by atoms with van der Waals surface area (Å²) >= 11 is 0. The van der Waals surface area contributed by atoms with Crippen LogP contribution in [-0.4, -0.2) is 32.0 Å². The van der Waals surface area contributed by atoms with Crippen molar-refractivity contribution in [3.05, 3.63) is 54.0 Å². The molecule has 0 saturated carbocycles. The molecule has 0 fully saturated rings. The molecule has 1 aromatic heterocycles. The summed E-state index contributed by atoms with van der Waals surface area (Å²) in [5, 5.41) is 8.85. The third-order valence-electron chi connectivity index (χ3n) is 3.20. The molecule has 0 unspecified atom stereocenters. The molecule has 6 nitrogen and oxygen atoms in total. The van der Waals surface area contributed by atoms with Crippen LogP contribution in [0.25, 0.3) is 0 Å². The van der Waals surface area contributed by atoms with Crippen molar-refractivity contribution in [2.24, 2.45) is 4.99 Å². The number of terminal acetylenes is 1. The fourth-order valence-corrected chi connectivity index (χ4v) is 2.04. The average Bonchev–Trinajstić information content (AvgIpc) is 3.11. The van der Waals surface area contributed by atoms with E-state index in [0.29, 0.717) is 18.2 Å². The van der Waals surface area contributed by atoms with Crippen LogP contribution in [-0.2, 0) is 11.2 Å². The molecule has 0 atom stereocenters. The van der Waals surface area contributed by atoms with Crippen molar-refractivity contribution in [1.29, 1.82) is 0 Å². The topological polar surface area (TPSA) is 78.7 Å². The highest BCUT2D eigenvalue weighted by Gasteiger charge is 2.05. The van der Waals surface area contributed by atoms with Crippen LogP contribution in [0.3, 0.4) is 0 Å². The van der Waals surface area contributed by atoms with Crippen LogP contribution in [0, 0.1) is 12.3 Å². The largest absolute Gasteiger partial charge is 0.469 e. The zero-order valence-electron chi connectivity index (χ0n) is 13.5. The molecule has 0 spiro atoms. The van der Waals surface area contributed by atoms with Crippen LogP contribution in [0.1, 0.15) is 11.3 Å². The van der Waals surface area contributed by atoms with Gasteiger partial charge < -0.3 is 20.4 Å². The van der Waals surface area contributed by atoms with Gasteiger partial charge in [-0.3, -0.25) is 9.79 Å². The highest BCUT2D eigenvalue weighted by Crippen LogP contribution is 2.09. The number of nitrogens with one attached hydrogen (secondary N) is 3. The van der Waals surface area contributed by atoms with E-state index in [1.807, 2.05) is 12.1 Å². The van der Waals surface area contributed by atoms with Crippen LogP contribution in [0.5, 0.6) is 0 Å². The van der Waals surface area contributed by atoms with Crippen molar-refractivity contribution >= 4 is 17.6 Å². The third kappa shape index (κ3) is 5.54. The minimum absolute atomic E-state index is 0.0979. The molecule has 3 N–H and O–H groups in total. The normalized spacial score (nSPS) is 10.8. The second kappa shape index (κ2) is 9.06. The Bertz CT molecular complexity index is 730. The van der Waals surface area contributed by atoms with Gasteiger partial charge in [0.15, 0.2) is 5.96 Å². The number of benzene rings is 1. The minimum atomic E-state index is -0.182.